The summed E-state index contributed by atoms with van der Waals surface area (Å²) < 4.78 is 1.99. The zero-order valence-electron chi connectivity index (χ0n) is 13.2. The van der Waals surface area contributed by atoms with Gasteiger partial charge in [0.15, 0.2) is 0 Å². The Bertz CT molecular complexity index is 581. The number of benzene rings is 1. The van der Waals surface area contributed by atoms with Crippen molar-refractivity contribution in [3.63, 3.8) is 0 Å². The Hall–Kier alpha value is -1.65. The summed E-state index contributed by atoms with van der Waals surface area (Å²) in [6.07, 6.45) is 6.23. The van der Waals surface area contributed by atoms with Gasteiger partial charge in [0.25, 0.3) is 0 Å². The van der Waals surface area contributed by atoms with Gasteiger partial charge in [0, 0.05) is 37.4 Å². The van der Waals surface area contributed by atoms with Crippen LogP contribution in [0.4, 0.5) is 0 Å². The Morgan fingerprint density at radius 3 is 2.82 bits per heavy atom. The molecule has 1 aromatic carbocycles. The molecule has 1 aliphatic carbocycles. The van der Waals surface area contributed by atoms with Crippen LogP contribution in [0.3, 0.4) is 0 Å². The molecule has 0 saturated heterocycles. The molecule has 4 heteroatoms. The van der Waals surface area contributed by atoms with Gasteiger partial charge in [-0.15, -0.1) is 0 Å². The van der Waals surface area contributed by atoms with E-state index in [9.17, 15) is 5.11 Å². The van der Waals surface area contributed by atoms with E-state index in [1.165, 1.54) is 25.0 Å². The van der Waals surface area contributed by atoms with E-state index in [0.717, 1.165) is 12.0 Å². The number of aliphatic hydroxyl groups excluding tert-OH is 1. The number of nitrogens with zero attached hydrogens (tertiary/aromatic N) is 2. The van der Waals surface area contributed by atoms with Gasteiger partial charge in [-0.05, 0) is 30.9 Å². The molecule has 1 aliphatic rings. The average Bonchev–Trinajstić information content (AvgIpc) is 3.00. The molecule has 1 fully saturated rings. The Kier molecular flexibility index (Phi) is 4.90. The third-order valence-electron chi connectivity index (χ3n) is 4.74. The molecule has 1 aromatic heterocycles. The van der Waals surface area contributed by atoms with Crippen molar-refractivity contribution in [1.82, 2.24) is 15.1 Å². The highest BCUT2D eigenvalue weighted by atomic mass is 16.3. The first-order valence-corrected chi connectivity index (χ1v) is 8.18. The van der Waals surface area contributed by atoms with Gasteiger partial charge >= 0.3 is 0 Å². The van der Waals surface area contributed by atoms with Crippen molar-refractivity contribution < 1.29 is 5.11 Å². The van der Waals surface area contributed by atoms with Gasteiger partial charge in [-0.1, -0.05) is 36.8 Å². The maximum absolute atomic E-state index is 10.3. The zero-order valence-corrected chi connectivity index (χ0v) is 13.2. The van der Waals surface area contributed by atoms with E-state index in [-0.39, 0.29) is 0 Å². The molecule has 1 heterocycles. The first-order chi connectivity index (χ1) is 10.7. The Morgan fingerprint density at radius 1 is 1.27 bits per heavy atom. The lowest BCUT2D eigenvalue weighted by Gasteiger charge is -2.30. The van der Waals surface area contributed by atoms with Crippen molar-refractivity contribution in [1.29, 1.82) is 0 Å². The van der Waals surface area contributed by atoms with E-state index in [2.05, 4.69) is 16.5 Å². The van der Waals surface area contributed by atoms with Crippen molar-refractivity contribution in [3.05, 3.63) is 53.9 Å². The molecule has 3 rings (SSSR count). The van der Waals surface area contributed by atoms with E-state index in [1.54, 1.807) is 0 Å². The molecule has 0 spiro atoms. The van der Waals surface area contributed by atoms with Crippen LogP contribution in [0.5, 0.6) is 0 Å². The van der Waals surface area contributed by atoms with Crippen LogP contribution in [0.15, 0.2) is 42.6 Å². The number of aryl methyl sites for hydroxylation is 1. The van der Waals surface area contributed by atoms with E-state index in [1.807, 2.05) is 48.3 Å². The average molecular weight is 299 g/mol. The standard InChI is InChI=1S/C18H25N3O/c1-21-17(10-11-20-21)15-8-5-9-16(12-15)19-13-18(22)14-6-3-2-4-7-14/h2-4,6-7,10-11,15-16,18-19,22H,5,8-9,12-13H2,1H3. The number of hydrogen-bond acceptors (Lipinski definition) is 3. The fraction of sp³-hybridized carbons (Fsp3) is 0.500. The number of rotatable bonds is 5. The fourth-order valence-electron chi connectivity index (χ4n) is 3.50. The van der Waals surface area contributed by atoms with E-state index < -0.39 is 6.10 Å². The molecule has 2 aromatic rings. The SMILES string of the molecule is Cn1nccc1C1CCCC(NCC(O)c2ccccc2)C1. The highest BCUT2D eigenvalue weighted by molar-refractivity contribution is 5.17. The van der Waals surface area contributed by atoms with E-state index in [0.29, 0.717) is 18.5 Å². The molecule has 0 aliphatic heterocycles. The van der Waals surface area contributed by atoms with Crippen molar-refractivity contribution in [2.75, 3.05) is 6.54 Å². The first kappa shape index (κ1) is 15.3. The third-order valence-corrected chi connectivity index (χ3v) is 4.74. The van der Waals surface area contributed by atoms with Crippen LogP contribution in [0, 0.1) is 0 Å². The molecular weight excluding hydrogens is 274 g/mol. The van der Waals surface area contributed by atoms with Crippen LogP contribution >= 0.6 is 0 Å². The summed E-state index contributed by atoms with van der Waals surface area (Å²) in [7, 11) is 2.02. The molecule has 1 saturated carbocycles. The molecular formula is C18H25N3O. The normalized spacial score (nSPS) is 23.4. The molecule has 0 bridgehead atoms. The topological polar surface area (TPSA) is 50.1 Å². The van der Waals surface area contributed by atoms with Crippen LogP contribution in [0.1, 0.15) is 49.0 Å². The quantitative estimate of drug-likeness (QED) is 0.892. The second kappa shape index (κ2) is 7.07. The summed E-state index contributed by atoms with van der Waals surface area (Å²) in [5.74, 6) is 0.576. The van der Waals surface area contributed by atoms with Gasteiger partial charge in [0.05, 0.1) is 6.10 Å². The molecule has 2 N–H and O–H groups in total. The van der Waals surface area contributed by atoms with Crippen molar-refractivity contribution in [2.24, 2.45) is 7.05 Å². The van der Waals surface area contributed by atoms with Gasteiger partial charge in [-0.2, -0.15) is 5.10 Å². The largest absolute Gasteiger partial charge is 0.387 e. The molecule has 3 unspecified atom stereocenters. The highest BCUT2D eigenvalue weighted by Crippen LogP contribution is 2.32. The monoisotopic (exact) mass is 299 g/mol. The summed E-state index contributed by atoms with van der Waals surface area (Å²) >= 11 is 0. The zero-order chi connectivity index (χ0) is 15.4. The van der Waals surface area contributed by atoms with Crippen molar-refractivity contribution >= 4 is 0 Å². The summed E-state index contributed by atoms with van der Waals surface area (Å²) in [4.78, 5) is 0. The lowest BCUT2D eigenvalue weighted by atomic mass is 9.83. The highest BCUT2D eigenvalue weighted by Gasteiger charge is 2.25. The lowest BCUT2D eigenvalue weighted by molar-refractivity contribution is 0.164. The molecule has 0 radical (unpaired) electrons. The second-order valence-corrected chi connectivity index (χ2v) is 6.27. The predicted molar refractivity (Wildman–Crippen MR) is 87.6 cm³/mol. The van der Waals surface area contributed by atoms with Crippen molar-refractivity contribution in [3.8, 4) is 0 Å². The Morgan fingerprint density at radius 2 is 2.09 bits per heavy atom. The third kappa shape index (κ3) is 3.57. The smallest absolute Gasteiger partial charge is 0.0914 e. The van der Waals surface area contributed by atoms with Crippen LogP contribution in [0.2, 0.25) is 0 Å². The van der Waals surface area contributed by atoms with Gasteiger partial charge in [-0.3, -0.25) is 4.68 Å². The first-order valence-electron chi connectivity index (χ1n) is 8.18. The molecule has 0 amide bonds. The molecule has 22 heavy (non-hydrogen) atoms. The summed E-state index contributed by atoms with van der Waals surface area (Å²) in [5.41, 5.74) is 2.31. The summed E-state index contributed by atoms with van der Waals surface area (Å²) in [6.45, 7) is 0.618. The maximum Gasteiger partial charge on any atom is 0.0914 e. The minimum atomic E-state index is -0.432. The Balaban J connectivity index is 1.54. The van der Waals surface area contributed by atoms with E-state index >= 15 is 0 Å². The fourth-order valence-corrected chi connectivity index (χ4v) is 3.50. The number of nitrogens with one attached hydrogen (secondary N) is 1. The summed E-state index contributed by atoms with van der Waals surface area (Å²) in [6, 6.07) is 12.5. The van der Waals surface area contributed by atoms with Crippen LogP contribution in [-0.2, 0) is 7.05 Å². The minimum absolute atomic E-state index is 0.432. The van der Waals surface area contributed by atoms with Crippen molar-refractivity contribution in [2.45, 2.75) is 43.7 Å². The van der Waals surface area contributed by atoms with Gasteiger partial charge in [0.1, 0.15) is 0 Å². The summed E-state index contributed by atoms with van der Waals surface area (Å²) in [5, 5.41) is 18.1. The Labute approximate surface area is 132 Å². The second-order valence-electron chi connectivity index (χ2n) is 6.27. The van der Waals surface area contributed by atoms with Crippen LogP contribution in [0.25, 0.3) is 0 Å². The number of hydrogen-bond donors (Lipinski definition) is 2. The number of aliphatic hydroxyl groups is 1. The van der Waals surface area contributed by atoms with Gasteiger partial charge in [-0.25, -0.2) is 0 Å². The van der Waals surface area contributed by atoms with Gasteiger partial charge < -0.3 is 10.4 Å². The molecule has 3 atom stereocenters. The molecule has 118 valence electrons. The van der Waals surface area contributed by atoms with Gasteiger partial charge in [0.2, 0.25) is 0 Å². The molecule has 4 nitrogen and oxygen atoms in total. The maximum atomic E-state index is 10.3. The van der Waals surface area contributed by atoms with E-state index in [4.69, 9.17) is 0 Å². The lowest BCUT2D eigenvalue weighted by Crippen LogP contribution is -2.36. The predicted octanol–water partition coefficient (Wildman–Crippen LogP) is 2.77. The minimum Gasteiger partial charge on any atom is -0.387 e. The number of aromatic nitrogens is 2. The van der Waals surface area contributed by atoms with Crippen LogP contribution in [-0.4, -0.2) is 27.5 Å². The van der Waals surface area contributed by atoms with Crippen LogP contribution < -0.4 is 5.32 Å².